The van der Waals surface area contributed by atoms with Crippen molar-refractivity contribution >= 4 is 11.9 Å². The zero-order chi connectivity index (χ0) is 18.5. The lowest BCUT2D eigenvalue weighted by Crippen LogP contribution is -2.35. The van der Waals surface area contributed by atoms with Gasteiger partial charge < -0.3 is 19.1 Å². The van der Waals surface area contributed by atoms with Crippen molar-refractivity contribution in [2.75, 3.05) is 26.5 Å². The molecule has 2 aliphatic rings. The Labute approximate surface area is 154 Å². The number of fused-ring (bicyclic) bond motifs is 1. The number of unbranched alkanes of at least 4 members (excludes halogenated alkanes) is 1. The minimum atomic E-state index is -0.129. The van der Waals surface area contributed by atoms with Crippen molar-refractivity contribution in [1.82, 2.24) is 4.90 Å². The first-order valence-electron chi connectivity index (χ1n) is 9.45. The summed E-state index contributed by atoms with van der Waals surface area (Å²) in [6.07, 6.45) is 3.14. The molecule has 0 aromatic heterocycles. The van der Waals surface area contributed by atoms with E-state index in [2.05, 4.69) is 6.92 Å². The van der Waals surface area contributed by atoms with E-state index in [1.54, 1.807) is 0 Å². The third-order valence-electron chi connectivity index (χ3n) is 4.89. The second-order valence-electron chi connectivity index (χ2n) is 6.91. The maximum Gasteiger partial charge on any atom is 0.309 e. The molecule has 0 N–H and O–H groups in total. The Kier molecular flexibility index (Phi) is 6.01. The zero-order valence-corrected chi connectivity index (χ0v) is 15.5. The second kappa shape index (κ2) is 8.43. The molecule has 1 aliphatic heterocycles. The summed E-state index contributed by atoms with van der Waals surface area (Å²) in [6, 6.07) is 5.62. The Bertz CT molecular complexity index is 660. The highest BCUT2D eigenvalue weighted by Crippen LogP contribution is 2.40. The summed E-state index contributed by atoms with van der Waals surface area (Å²) in [6.45, 7) is 5.92. The van der Waals surface area contributed by atoms with E-state index in [1.807, 2.05) is 30.0 Å². The highest BCUT2D eigenvalue weighted by Gasteiger charge is 2.45. The molecule has 1 aromatic rings. The van der Waals surface area contributed by atoms with Crippen molar-refractivity contribution < 1.29 is 23.8 Å². The SMILES string of the molecule is CCCCN(C[C@@H]1C[C@@H]1C(=O)OCC)C(=O)Cc1ccc2c(c1)OCO2. The van der Waals surface area contributed by atoms with E-state index in [9.17, 15) is 9.59 Å². The van der Waals surface area contributed by atoms with Crippen molar-refractivity contribution in [3.05, 3.63) is 23.8 Å². The number of hydrogen-bond donors (Lipinski definition) is 0. The number of nitrogens with zero attached hydrogens (tertiary/aromatic N) is 1. The average molecular weight is 361 g/mol. The van der Waals surface area contributed by atoms with E-state index in [4.69, 9.17) is 14.2 Å². The van der Waals surface area contributed by atoms with Gasteiger partial charge in [0.15, 0.2) is 11.5 Å². The van der Waals surface area contributed by atoms with E-state index in [0.29, 0.717) is 25.3 Å². The van der Waals surface area contributed by atoms with Crippen LogP contribution in [-0.2, 0) is 20.7 Å². The Balaban J connectivity index is 1.58. The average Bonchev–Trinajstić information content (AvgIpc) is 3.25. The molecular weight excluding hydrogens is 334 g/mol. The number of ether oxygens (including phenoxy) is 3. The molecule has 6 nitrogen and oxygen atoms in total. The van der Waals surface area contributed by atoms with Gasteiger partial charge in [-0.3, -0.25) is 9.59 Å². The van der Waals surface area contributed by atoms with Crippen molar-refractivity contribution in [3.8, 4) is 11.5 Å². The second-order valence-corrected chi connectivity index (χ2v) is 6.91. The molecule has 0 unspecified atom stereocenters. The highest BCUT2D eigenvalue weighted by atomic mass is 16.7. The summed E-state index contributed by atoms with van der Waals surface area (Å²) < 4.78 is 15.8. The van der Waals surface area contributed by atoms with Crippen LogP contribution >= 0.6 is 0 Å². The number of benzene rings is 1. The van der Waals surface area contributed by atoms with Gasteiger partial charge in [0.05, 0.1) is 18.9 Å². The van der Waals surface area contributed by atoms with Gasteiger partial charge in [-0.05, 0) is 43.4 Å². The van der Waals surface area contributed by atoms with Crippen LogP contribution in [0.3, 0.4) is 0 Å². The Morgan fingerprint density at radius 3 is 2.81 bits per heavy atom. The number of carbonyl (C=O) groups is 2. The standard InChI is InChI=1S/C20H27NO5/c1-3-5-8-21(12-15-11-16(15)20(23)24-4-2)19(22)10-14-6-7-17-18(9-14)26-13-25-17/h6-7,9,15-16H,3-5,8,10-13H2,1-2H3/t15-,16-/m0/s1. The van der Waals surface area contributed by atoms with Gasteiger partial charge in [-0.1, -0.05) is 19.4 Å². The molecule has 0 saturated heterocycles. The fraction of sp³-hybridized carbons (Fsp3) is 0.600. The van der Waals surface area contributed by atoms with Crippen molar-refractivity contribution in [1.29, 1.82) is 0 Å². The van der Waals surface area contributed by atoms with Crippen LogP contribution in [0.15, 0.2) is 18.2 Å². The molecular formula is C20H27NO5. The van der Waals surface area contributed by atoms with Crippen LogP contribution in [0, 0.1) is 11.8 Å². The van der Waals surface area contributed by atoms with E-state index in [0.717, 1.165) is 37.1 Å². The summed E-state index contributed by atoms with van der Waals surface area (Å²) in [5.41, 5.74) is 0.915. The molecule has 0 spiro atoms. The van der Waals surface area contributed by atoms with Crippen molar-refractivity contribution in [2.24, 2.45) is 11.8 Å². The number of carbonyl (C=O) groups excluding carboxylic acids is 2. The molecule has 1 amide bonds. The number of amides is 1. The van der Waals surface area contributed by atoms with Gasteiger partial charge in [-0.2, -0.15) is 0 Å². The lowest BCUT2D eigenvalue weighted by atomic mass is 10.1. The molecule has 6 heteroatoms. The molecule has 1 saturated carbocycles. The van der Waals surface area contributed by atoms with Gasteiger partial charge in [0, 0.05) is 13.1 Å². The minimum absolute atomic E-state index is 0.0441. The van der Waals surface area contributed by atoms with Crippen LogP contribution in [0.25, 0.3) is 0 Å². The van der Waals surface area contributed by atoms with Gasteiger partial charge >= 0.3 is 5.97 Å². The first kappa shape index (κ1) is 18.5. The molecule has 1 aliphatic carbocycles. The summed E-state index contributed by atoms with van der Waals surface area (Å²) in [5, 5.41) is 0. The smallest absolute Gasteiger partial charge is 0.309 e. The quantitative estimate of drug-likeness (QED) is 0.633. The third kappa shape index (κ3) is 4.48. The maximum atomic E-state index is 12.8. The van der Waals surface area contributed by atoms with Crippen LogP contribution in [-0.4, -0.2) is 43.3 Å². The number of rotatable bonds is 9. The first-order valence-corrected chi connectivity index (χ1v) is 9.45. The number of hydrogen-bond acceptors (Lipinski definition) is 5. The fourth-order valence-electron chi connectivity index (χ4n) is 3.27. The highest BCUT2D eigenvalue weighted by molar-refractivity contribution is 5.80. The Hall–Kier alpha value is -2.24. The Morgan fingerprint density at radius 1 is 1.23 bits per heavy atom. The minimum Gasteiger partial charge on any atom is -0.466 e. The van der Waals surface area contributed by atoms with E-state index < -0.39 is 0 Å². The van der Waals surface area contributed by atoms with Gasteiger partial charge in [-0.15, -0.1) is 0 Å². The normalized spacial score (nSPS) is 19.9. The molecule has 0 bridgehead atoms. The monoisotopic (exact) mass is 361 g/mol. The Morgan fingerprint density at radius 2 is 2.04 bits per heavy atom. The van der Waals surface area contributed by atoms with Crippen LogP contribution in [0.2, 0.25) is 0 Å². The topological polar surface area (TPSA) is 65.1 Å². The van der Waals surface area contributed by atoms with Crippen LogP contribution in [0.4, 0.5) is 0 Å². The van der Waals surface area contributed by atoms with E-state index in [-0.39, 0.29) is 30.5 Å². The molecule has 26 heavy (non-hydrogen) atoms. The molecule has 142 valence electrons. The summed E-state index contributed by atoms with van der Waals surface area (Å²) in [5.74, 6) is 1.56. The number of esters is 1. The molecule has 1 heterocycles. The summed E-state index contributed by atoms with van der Waals surface area (Å²) in [7, 11) is 0. The van der Waals surface area contributed by atoms with Gasteiger partial charge in [-0.25, -0.2) is 0 Å². The molecule has 3 rings (SSSR count). The predicted molar refractivity (Wildman–Crippen MR) is 96.0 cm³/mol. The molecule has 0 radical (unpaired) electrons. The van der Waals surface area contributed by atoms with Crippen molar-refractivity contribution in [2.45, 2.75) is 39.5 Å². The molecule has 2 atom stereocenters. The van der Waals surface area contributed by atoms with E-state index >= 15 is 0 Å². The van der Waals surface area contributed by atoms with Gasteiger partial charge in [0.25, 0.3) is 0 Å². The molecule has 1 fully saturated rings. The van der Waals surface area contributed by atoms with Crippen LogP contribution in [0.5, 0.6) is 11.5 Å². The predicted octanol–water partition coefficient (Wildman–Crippen LogP) is 2.79. The maximum absolute atomic E-state index is 12.8. The van der Waals surface area contributed by atoms with Crippen molar-refractivity contribution in [3.63, 3.8) is 0 Å². The molecule has 1 aromatic carbocycles. The van der Waals surface area contributed by atoms with Gasteiger partial charge in [0.2, 0.25) is 12.7 Å². The van der Waals surface area contributed by atoms with Crippen LogP contribution < -0.4 is 9.47 Å². The van der Waals surface area contributed by atoms with E-state index in [1.165, 1.54) is 0 Å². The first-order chi connectivity index (χ1) is 12.6. The largest absolute Gasteiger partial charge is 0.466 e. The van der Waals surface area contributed by atoms with Crippen LogP contribution in [0.1, 0.15) is 38.7 Å². The summed E-state index contributed by atoms with van der Waals surface area (Å²) >= 11 is 0. The third-order valence-corrected chi connectivity index (χ3v) is 4.89. The lowest BCUT2D eigenvalue weighted by molar-refractivity contribution is -0.145. The van der Waals surface area contributed by atoms with Gasteiger partial charge in [0.1, 0.15) is 0 Å². The fourth-order valence-corrected chi connectivity index (χ4v) is 3.27. The summed E-state index contributed by atoms with van der Waals surface area (Å²) in [4.78, 5) is 26.6. The lowest BCUT2D eigenvalue weighted by Gasteiger charge is -2.23. The zero-order valence-electron chi connectivity index (χ0n) is 15.5.